The summed E-state index contributed by atoms with van der Waals surface area (Å²) < 4.78 is 19.1. The number of carbonyl (C=O) groups is 1. The van der Waals surface area contributed by atoms with E-state index in [9.17, 15) is 20.1 Å². The minimum absolute atomic E-state index is 0.0378. The SMILES string of the molecule is C=C(C)[C@H]1CC[C@]2(C(=O)OCC)C[C@]13Oc1c(C/C=C(\CO)CC/C=C(\C)CCC=C(C)C)cc(O)cc1-c1c(O)ccc(c13)O2. The van der Waals surface area contributed by atoms with E-state index in [2.05, 4.69) is 39.5 Å². The molecule has 3 N–H and O–H groups in total. The molecule has 7 nitrogen and oxygen atoms in total. The number of phenolic OH excluding ortho intramolecular Hbond substituents is 2. The lowest BCUT2D eigenvalue weighted by Gasteiger charge is -2.56. The normalized spacial score (nSPS) is 23.0. The molecule has 46 heavy (non-hydrogen) atoms. The predicted octanol–water partition coefficient (Wildman–Crippen LogP) is 8.36. The molecule has 2 aromatic rings. The van der Waals surface area contributed by atoms with Crippen molar-refractivity contribution >= 4 is 5.97 Å². The second-order valence-electron chi connectivity index (χ2n) is 13.4. The molecule has 0 amide bonds. The zero-order valence-electron chi connectivity index (χ0n) is 27.9. The second-order valence-corrected chi connectivity index (χ2v) is 13.4. The number of aliphatic hydroxyl groups excluding tert-OH is 1. The Morgan fingerprint density at radius 2 is 1.83 bits per heavy atom. The van der Waals surface area contributed by atoms with Crippen molar-refractivity contribution in [1.29, 1.82) is 0 Å². The molecule has 0 saturated heterocycles. The van der Waals surface area contributed by atoms with E-state index in [1.54, 1.807) is 31.2 Å². The van der Waals surface area contributed by atoms with Crippen molar-refractivity contribution < 1.29 is 34.3 Å². The van der Waals surface area contributed by atoms with Crippen molar-refractivity contribution in [3.05, 3.63) is 82.5 Å². The van der Waals surface area contributed by atoms with Gasteiger partial charge in [0.25, 0.3) is 0 Å². The number of aromatic hydroxyl groups is 2. The van der Waals surface area contributed by atoms with Crippen molar-refractivity contribution in [1.82, 2.24) is 0 Å². The number of hydrogen-bond donors (Lipinski definition) is 3. The van der Waals surface area contributed by atoms with Gasteiger partial charge >= 0.3 is 5.97 Å². The van der Waals surface area contributed by atoms with Gasteiger partial charge in [0.05, 0.1) is 13.2 Å². The first-order valence-corrected chi connectivity index (χ1v) is 16.5. The van der Waals surface area contributed by atoms with Gasteiger partial charge in [-0.1, -0.05) is 41.5 Å². The van der Waals surface area contributed by atoms with Crippen molar-refractivity contribution in [2.75, 3.05) is 13.2 Å². The van der Waals surface area contributed by atoms with Gasteiger partial charge < -0.3 is 29.5 Å². The third-order valence-electron chi connectivity index (χ3n) is 9.63. The van der Waals surface area contributed by atoms with E-state index in [0.717, 1.165) is 36.0 Å². The average Bonchev–Trinajstić information content (AvgIpc) is 3.00. The molecule has 1 aliphatic carbocycles. The minimum Gasteiger partial charge on any atom is -0.508 e. The molecule has 2 aliphatic heterocycles. The highest BCUT2D eigenvalue weighted by Gasteiger charge is 2.64. The standard InChI is InChI=1S/C39H48O7/c1-7-44-37(43)38-19-18-31(25(4)5)39(23-38)35-33(45-38)17-16-32(42)34(35)30-21-29(41)20-28(36(30)46-39)15-14-27(22-40)13-9-12-26(6)11-8-10-24(2)3/h10,12,14,16-17,20-21,31,40-42H,4,7-9,11,13,15,18-19,22-23H2,1-3,5-6H3/b26-12+,27-14-/t31-,38-,39+/m1/s1. The van der Waals surface area contributed by atoms with Crippen LogP contribution < -0.4 is 9.47 Å². The van der Waals surface area contributed by atoms with Gasteiger partial charge in [0.15, 0.2) is 0 Å². The highest BCUT2D eigenvalue weighted by atomic mass is 16.6. The molecular formula is C39H48O7. The molecule has 3 aliphatic rings. The molecule has 1 fully saturated rings. The van der Waals surface area contributed by atoms with E-state index in [-0.39, 0.29) is 37.1 Å². The number of aliphatic hydroxyl groups is 1. The second kappa shape index (κ2) is 13.4. The zero-order chi connectivity index (χ0) is 33.2. The monoisotopic (exact) mass is 628 g/mol. The molecule has 0 radical (unpaired) electrons. The number of ether oxygens (including phenoxy) is 3. The summed E-state index contributed by atoms with van der Waals surface area (Å²) in [7, 11) is 0. The Labute approximate surface area is 272 Å². The topological polar surface area (TPSA) is 105 Å². The van der Waals surface area contributed by atoms with Gasteiger partial charge in [-0.05, 0) is 109 Å². The number of fused-ring (bicyclic) bond motifs is 3. The van der Waals surface area contributed by atoms with Crippen molar-refractivity contribution in [2.24, 2.45) is 5.92 Å². The third-order valence-corrected chi connectivity index (χ3v) is 9.63. The lowest BCUT2D eigenvalue weighted by atomic mass is 9.60. The predicted molar refractivity (Wildman–Crippen MR) is 180 cm³/mol. The lowest BCUT2D eigenvalue weighted by molar-refractivity contribution is -0.183. The van der Waals surface area contributed by atoms with Gasteiger partial charge in [0, 0.05) is 34.6 Å². The van der Waals surface area contributed by atoms with Crippen LogP contribution in [0.2, 0.25) is 0 Å². The van der Waals surface area contributed by atoms with E-state index >= 15 is 0 Å². The highest BCUT2D eigenvalue weighted by molar-refractivity contribution is 5.88. The van der Waals surface area contributed by atoms with Crippen LogP contribution in [-0.4, -0.2) is 40.1 Å². The molecule has 0 aromatic heterocycles. The fraction of sp³-hybridized carbons (Fsp3) is 0.462. The smallest absolute Gasteiger partial charge is 0.350 e. The largest absolute Gasteiger partial charge is 0.508 e. The average molecular weight is 629 g/mol. The van der Waals surface area contributed by atoms with E-state index in [0.29, 0.717) is 53.9 Å². The molecule has 246 valence electrons. The molecule has 1 spiro atoms. The number of esters is 1. The first-order chi connectivity index (χ1) is 21.9. The minimum atomic E-state index is -1.24. The summed E-state index contributed by atoms with van der Waals surface area (Å²) >= 11 is 0. The zero-order valence-corrected chi connectivity index (χ0v) is 27.9. The van der Waals surface area contributed by atoms with E-state index < -0.39 is 17.2 Å². The van der Waals surface area contributed by atoms with Crippen LogP contribution in [0.4, 0.5) is 0 Å². The van der Waals surface area contributed by atoms with Crippen molar-refractivity contribution in [3.63, 3.8) is 0 Å². The summed E-state index contributed by atoms with van der Waals surface area (Å²) in [5.41, 5.74) is 4.66. The summed E-state index contributed by atoms with van der Waals surface area (Å²) in [6.07, 6.45) is 11.7. The summed E-state index contributed by atoms with van der Waals surface area (Å²) in [6.45, 7) is 14.6. The molecule has 7 heteroatoms. The maximum absolute atomic E-state index is 13.5. The van der Waals surface area contributed by atoms with Crippen LogP contribution in [0.5, 0.6) is 23.0 Å². The molecular weight excluding hydrogens is 580 g/mol. The Hall–Kier alpha value is -3.97. The summed E-state index contributed by atoms with van der Waals surface area (Å²) in [5.74, 6) is 0.484. The number of carbonyl (C=O) groups excluding carboxylic acids is 1. The summed E-state index contributed by atoms with van der Waals surface area (Å²) in [6, 6.07) is 6.53. The van der Waals surface area contributed by atoms with Crippen LogP contribution in [0.1, 0.15) is 90.7 Å². The van der Waals surface area contributed by atoms with Crippen LogP contribution in [-0.2, 0) is 21.6 Å². The van der Waals surface area contributed by atoms with Crippen molar-refractivity contribution in [2.45, 2.75) is 97.2 Å². The van der Waals surface area contributed by atoms with Gasteiger partial charge in [-0.15, -0.1) is 0 Å². The quantitative estimate of drug-likeness (QED) is 0.160. The number of rotatable bonds is 12. The maximum Gasteiger partial charge on any atom is 0.350 e. The fourth-order valence-electron chi connectivity index (χ4n) is 7.44. The Morgan fingerprint density at radius 3 is 2.52 bits per heavy atom. The molecule has 5 rings (SSSR count). The van der Waals surface area contributed by atoms with E-state index in [1.807, 2.05) is 13.0 Å². The number of hydrogen-bond acceptors (Lipinski definition) is 7. The van der Waals surface area contributed by atoms with E-state index in [4.69, 9.17) is 14.2 Å². The molecule has 3 atom stereocenters. The number of allylic oxidation sites excluding steroid dienone is 5. The fourth-order valence-corrected chi connectivity index (χ4v) is 7.44. The van der Waals surface area contributed by atoms with Gasteiger partial charge in [0.2, 0.25) is 5.60 Å². The maximum atomic E-state index is 13.5. The van der Waals surface area contributed by atoms with Gasteiger partial charge in [-0.3, -0.25) is 0 Å². The summed E-state index contributed by atoms with van der Waals surface area (Å²) in [5, 5.41) is 32.4. The van der Waals surface area contributed by atoms with Crippen LogP contribution in [0.3, 0.4) is 0 Å². The molecule has 2 bridgehead atoms. The van der Waals surface area contributed by atoms with Crippen molar-refractivity contribution in [3.8, 4) is 34.1 Å². The van der Waals surface area contributed by atoms with E-state index in [1.165, 1.54) is 11.1 Å². The van der Waals surface area contributed by atoms with Gasteiger partial charge in [-0.2, -0.15) is 0 Å². The molecule has 2 heterocycles. The Morgan fingerprint density at radius 1 is 1.07 bits per heavy atom. The third kappa shape index (κ3) is 6.22. The summed E-state index contributed by atoms with van der Waals surface area (Å²) in [4.78, 5) is 13.5. The molecule has 1 saturated carbocycles. The number of benzene rings is 2. The molecule has 0 unspecified atom stereocenters. The first-order valence-electron chi connectivity index (χ1n) is 16.5. The van der Waals surface area contributed by atoms with Crippen LogP contribution in [0, 0.1) is 5.92 Å². The Kier molecular flexibility index (Phi) is 9.73. The Balaban J connectivity index is 1.54. The lowest BCUT2D eigenvalue weighted by Crippen LogP contribution is -2.62. The highest BCUT2D eigenvalue weighted by Crippen LogP contribution is 2.65. The van der Waals surface area contributed by atoms with Crippen LogP contribution in [0.25, 0.3) is 11.1 Å². The van der Waals surface area contributed by atoms with Gasteiger partial charge in [0.1, 0.15) is 28.6 Å². The van der Waals surface area contributed by atoms with Crippen LogP contribution >= 0.6 is 0 Å². The number of phenols is 2. The molecule has 2 aromatic carbocycles. The van der Waals surface area contributed by atoms with Crippen LogP contribution in [0.15, 0.2) is 71.4 Å². The Bertz CT molecular complexity index is 1610. The van der Waals surface area contributed by atoms with Gasteiger partial charge in [-0.25, -0.2) is 4.79 Å². The first kappa shape index (κ1) is 33.4.